The van der Waals surface area contributed by atoms with Crippen molar-refractivity contribution < 1.29 is 18.8 Å². The zero-order chi connectivity index (χ0) is 16.4. The molecule has 3 rings (SSSR count). The topological polar surface area (TPSA) is 64.8 Å². The molecule has 6 heteroatoms. The zero-order valence-corrected chi connectivity index (χ0v) is 14.2. The molecule has 0 unspecified atom stereocenters. The van der Waals surface area contributed by atoms with Gasteiger partial charge in [0.25, 0.3) is 5.91 Å². The Hall–Kier alpha value is -1.40. The van der Waals surface area contributed by atoms with Crippen LogP contribution in [0.4, 0.5) is 0 Å². The number of fused-ring (bicyclic) bond motifs is 1. The molecule has 1 amide bonds. The highest BCUT2D eigenvalue weighted by Gasteiger charge is 2.42. The predicted octanol–water partition coefficient (Wildman–Crippen LogP) is 2.42. The molecule has 3 atom stereocenters. The normalized spacial score (nSPS) is 27.5. The van der Waals surface area contributed by atoms with Crippen LogP contribution in [-0.2, 0) is 9.47 Å². The van der Waals surface area contributed by atoms with Gasteiger partial charge >= 0.3 is 0 Å². The predicted molar refractivity (Wildman–Crippen MR) is 84.2 cm³/mol. The molecule has 0 N–H and O–H groups in total. The molecule has 2 aliphatic rings. The molecule has 128 valence electrons. The molecular weight excluding hydrogens is 296 g/mol. The lowest BCUT2D eigenvalue weighted by atomic mass is 9.99. The lowest BCUT2D eigenvalue weighted by molar-refractivity contribution is -0.0985. The van der Waals surface area contributed by atoms with Crippen LogP contribution in [0.3, 0.4) is 0 Å². The van der Waals surface area contributed by atoms with E-state index in [1.165, 1.54) is 0 Å². The summed E-state index contributed by atoms with van der Waals surface area (Å²) < 4.78 is 16.9. The van der Waals surface area contributed by atoms with Gasteiger partial charge in [-0.3, -0.25) is 4.79 Å². The number of ether oxygens (including phenoxy) is 2. The van der Waals surface area contributed by atoms with E-state index < -0.39 is 0 Å². The summed E-state index contributed by atoms with van der Waals surface area (Å²) in [4.78, 5) is 14.5. The van der Waals surface area contributed by atoms with E-state index in [0.29, 0.717) is 24.0 Å². The Morgan fingerprint density at radius 1 is 1.43 bits per heavy atom. The van der Waals surface area contributed by atoms with Crippen LogP contribution in [0.1, 0.15) is 49.4 Å². The monoisotopic (exact) mass is 322 g/mol. The summed E-state index contributed by atoms with van der Waals surface area (Å²) >= 11 is 0. The Bertz CT molecular complexity index is 542. The Balaban J connectivity index is 1.54. The number of amides is 1. The Morgan fingerprint density at radius 2 is 2.26 bits per heavy atom. The molecule has 0 bridgehead atoms. The van der Waals surface area contributed by atoms with E-state index in [0.717, 1.165) is 32.4 Å². The van der Waals surface area contributed by atoms with Gasteiger partial charge in [-0.05, 0) is 32.1 Å². The van der Waals surface area contributed by atoms with E-state index in [2.05, 4.69) is 19.0 Å². The quantitative estimate of drug-likeness (QED) is 0.833. The van der Waals surface area contributed by atoms with E-state index >= 15 is 0 Å². The molecule has 0 saturated carbocycles. The van der Waals surface area contributed by atoms with Crippen molar-refractivity contribution in [1.29, 1.82) is 0 Å². The molecular formula is C17H26N2O4. The zero-order valence-electron chi connectivity index (χ0n) is 14.2. The average molecular weight is 322 g/mol. The minimum Gasteiger partial charge on any atom is -0.378 e. The number of likely N-dealkylation sites (tertiary alicyclic amines) is 1. The number of aromatic nitrogens is 1. The van der Waals surface area contributed by atoms with E-state index in [-0.39, 0.29) is 24.2 Å². The number of rotatable bonds is 5. The van der Waals surface area contributed by atoms with Gasteiger partial charge in [0, 0.05) is 19.2 Å². The first kappa shape index (κ1) is 16.5. The summed E-state index contributed by atoms with van der Waals surface area (Å²) in [6.07, 6.45) is 3.05. The second-order valence-corrected chi connectivity index (χ2v) is 6.98. The van der Waals surface area contributed by atoms with E-state index in [4.69, 9.17) is 14.0 Å². The molecule has 1 aromatic rings. The molecule has 0 spiro atoms. The second kappa shape index (κ2) is 7.01. The summed E-state index contributed by atoms with van der Waals surface area (Å²) in [5.41, 5.74) is 0.394. The highest BCUT2D eigenvalue weighted by atomic mass is 16.5. The fourth-order valence-corrected chi connectivity index (χ4v) is 3.42. The van der Waals surface area contributed by atoms with E-state index in [9.17, 15) is 4.79 Å². The van der Waals surface area contributed by atoms with Crippen LogP contribution in [0, 0.1) is 12.8 Å². The van der Waals surface area contributed by atoms with Crippen LogP contribution in [0.25, 0.3) is 0 Å². The van der Waals surface area contributed by atoms with Crippen molar-refractivity contribution in [2.75, 3.05) is 19.8 Å². The summed E-state index contributed by atoms with van der Waals surface area (Å²) in [7, 11) is 0. The highest BCUT2D eigenvalue weighted by Crippen LogP contribution is 2.32. The standard InChI is InChI=1S/C17H26N2O4/c1-11(2)9-21-10-13-4-5-15-16(22-13)6-7-19(15)17(20)14-8-12(3)23-18-14/h8,11,13,15-16H,4-7,9-10H2,1-3H3/t13-,15+,16+/m1/s1. The van der Waals surface area contributed by atoms with Crippen molar-refractivity contribution in [2.45, 2.75) is 58.3 Å². The summed E-state index contributed by atoms with van der Waals surface area (Å²) in [5.74, 6) is 1.15. The van der Waals surface area contributed by atoms with Gasteiger partial charge in [0.2, 0.25) is 0 Å². The summed E-state index contributed by atoms with van der Waals surface area (Å²) in [5, 5.41) is 3.84. The molecule has 6 nitrogen and oxygen atoms in total. The van der Waals surface area contributed by atoms with Crippen LogP contribution < -0.4 is 0 Å². The van der Waals surface area contributed by atoms with Crippen LogP contribution in [0.15, 0.2) is 10.6 Å². The van der Waals surface area contributed by atoms with Gasteiger partial charge in [0.15, 0.2) is 5.69 Å². The highest BCUT2D eigenvalue weighted by molar-refractivity contribution is 5.92. The van der Waals surface area contributed by atoms with Gasteiger partial charge in [0.05, 0.1) is 24.9 Å². The van der Waals surface area contributed by atoms with Crippen molar-refractivity contribution >= 4 is 5.91 Å². The minimum atomic E-state index is -0.0487. The van der Waals surface area contributed by atoms with Gasteiger partial charge in [-0.25, -0.2) is 0 Å². The number of aryl methyl sites for hydroxylation is 1. The summed E-state index contributed by atoms with van der Waals surface area (Å²) in [6, 6.07) is 1.85. The lowest BCUT2D eigenvalue weighted by Crippen LogP contribution is -2.46. The Kier molecular flexibility index (Phi) is 5.02. The van der Waals surface area contributed by atoms with Crippen molar-refractivity contribution in [3.63, 3.8) is 0 Å². The van der Waals surface area contributed by atoms with Gasteiger partial charge < -0.3 is 18.9 Å². The third kappa shape index (κ3) is 3.75. The number of nitrogens with zero attached hydrogens (tertiary/aromatic N) is 2. The van der Waals surface area contributed by atoms with Crippen molar-refractivity contribution in [1.82, 2.24) is 10.1 Å². The molecule has 2 saturated heterocycles. The maximum Gasteiger partial charge on any atom is 0.276 e. The van der Waals surface area contributed by atoms with Gasteiger partial charge in [-0.15, -0.1) is 0 Å². The molecule has 23 heavy (non-hydrogen) atoms. The van der Waals surface area contributed by atoms with E-state index in [1.807, 2.05) is 4.90 Å². The molecule has 0 radical (unpaired) electrons. The Morgan fingerprint density at radius 3 is 2.96 bits per heavy atom. The first-order chi connectivity index (χ1) is 11.0. The minimum absolute atomic E-state index is 0.0487. The third-order valence-electron chi connectivity index (χ3n) is 4.50. The molecule has 2 fully saturated rings. The van der Waals surface area contributed by atoms with Crippen molar-refractivity contribution in [3.05, 3.63) is 17.5 Å². The first-order valence-corrected chi connectivity index (χ1v) is 8.52. The third-order valence-corrected chi connectivity index (χ3v) is 4.50. The van der Waals surface area contributed by atoms with Crippen molar-refractivity contribution in [2.24, 2.45) is 5.92 Å². The van der Waals surface area contributed by atoms with Crippen LogP contribution >= 0.6 is 0 Å². The van der Waals surface area contributed by atoms with Gasteiger partial charge in [0.1, 0.15) is 5.76 Å². The molecule has 1 aromatic heterocycles. The molecule has 0 aliphatic carbocycles. The number of carbonyl (C=O) groups is 1. The fourth-order valence-electron chi connectivity index (χ4n) is 3.42. The Labute approximate surface area is 137 Å². The fraction of sp³-hybridized carbons (Fsp3) is 0.765. The van der Waals surface area contributed by atoms with Crippen LogP contribution in [0.2, 0.25) is 0 Å². The van der Waals surface area contributed by atoms with Gasteiger partial charge in [-0.1, -0.05) is 19.0 Å². The average Bonchev–Trinajstić information content (AvgIpc) is 3.12. The number of hydrogen-bond acceptors (Lipinski definition) is 5. The van der Waals surface area contributed by atoms with Crippen LogP contribution in [0.5, 0.6) is 0 Å². The molecule has 0 aromatic carbocycles. The van der Waals surface area contributed by atoms with Crippen molar-refractivity contribution in [3.8, 4) is 0 Å². The number of hydrogen-bond donors (Lipinski definition) is 0. The maximum atomic E-state index is 12.6. The summed E-state index contributed by atoms with van der Waals surface area (Å²) in [6.45, 7) is 8.22. The van der Waals surface area contributed by atoms with E-state index in [1.54, 1.807) is 13.0 Å². The van der Waals surface area contributed by atoms with Gasteiger partial charge in [-0.2, -0.15) is 0 Å². The SMILES string of the molecule is Cc1cc(C(=O)N2CC[C@@H]3O[C@@H](COCC(C)C)CC[C@@H]32)no1. The maximum absolute atomic E-state index is 12.6. The largest absolute Gasteiger partial charge is 0.378 e. The lowest BCUT2D eigenvalue weighted by Gasteiger charge is -2.35. The number of carbonyl (C=O) groups excluding carboxylic acids is 1. The molecule has 3 heterocycles. The smallest absolute Gasteiger partial charge is 0.276 e. The molecule has 2 aliphatic heterocycles. The van der Waals surface area contributed by atoms with Crippen LogP contribution in [-0.4, -0.2) is 54.0 Å². The first-order valence-electron chi connectivity index (χ1n) is 8.52. The second-order valence-electron chi connectivity index (χ2n) is 6.98.